The highest BCUT2D eigenvalue weighted by Gasteiger charge is 2.46. The van der Waals surface area contributed by atoms with Gasteiger partial charge in [-0.3, -0.25) is 14.4 Å². The van der Waals surface area contributed by atoms with Gasteiger partial charge in [0.1, 0.15) is 0 Å². The summed E-state index contributed by atoms with van der Waals surface area (Å²) in [6.07, 6.45) is 10.5. The Balaban J connectivity index is 2.17. The Morgan fingerprint density at radius 3 is 1.78 bits per heavy atom. The van der Waals surface area contributed by atoms with E-state index in [1.807, 2.05) is 0 Å². The fourth-order valence-corrected chi connectivity index (χ4v) is 2.74. The van der Waals surface area contributed by atoms with Crippen molar-refractivity contribution < 1.29 is 23.9 Å². The lowest BCUT2D eigenvalue weighted by atomic mass is 9.97. The minimum atomic E-state index is -1.39. The van der Waals surface area contributed by atoms with Gasteiger partial charge in [0.15, 0.2) is 5.78 Å². The van der Waals surface area contributed by atoms with Gasteiger partial charge < -0.3 is 9.47 Å². The van der Waals surface area contributed by atoms with E-state index in [1.54, 1.807) is 0 Å². The van der Waals surface area contributed by atoms with Crippen LogP contribution in [0.4, 0.5) is 0 Å². The summed E-state index contributed by atoms with van der Waals surface area (Å²) in [5.41, 5.74) is 0. The van der Waals surface area contributed by atoms with Crippen LogP contribution in [0.25, 0.3) is 0 Å². The van der Waals surface area contributed by atoms with Gasteiger partial charge >= 0.3 is 11.9 Å². The quantitative estimate of drug-likeness (QED) is 0.327. The molecule has 0 bridgehead atoms. The zero-order valence-electron chi connectivity index (χ0n) is 14.7. The fraction of sp³-hybridized carbons (Fsp3) is 0.833. The number of hydrogen-bond acceptors (Lipinski definition) is 5. The summed E-state index contributed by atoms with van der Waals surface area (Å²) >= 11 is 0. The Hall–Kier alpha value is -1.39. The van der Waals surface area contributed by atoms with Crippen LogP contribution in [0.3, 0.4) is 0 Å². The van der Waals surface area contributed by atoms with Crippen molar-refractivity contribution in [3.05, 3.63) is 0 Å². The topological polar surface area (TPSA) is 69.7 Å². The monoisotopic (exact) mass is 326 g/mol. The molecule has 0 amide bonds. The first kappa shape index (κ1) is 19.7. The summed E-state index contributed by atoms with van der Waals surface area (Å²) in [6.45, 7) is 5.16. The van der Waals surface area contributed by atoms with Gasteiger partial charge in [0.2, 0.25) is 5.92 Å². The van der Waals surface area contributed by atoms with Gasteiger partial charge in [-0.25, -0.2) is 0 Å². The molecule has 0 aromatic rings. The van der Waals surface area contributed by atoms with E-state index in [-0.39, 0.29) is 6.42 Å². The van der Waals surface area contributed by atoms with E-state index >= 15 is 0 Å². The summed E-state index contributed by atoms with van der Waals surface area (Å²) in [4.78, 5) is 35.6. The normalized spacial score (nSPS) is 17.7. The minimum absolute atomic E-state index is 0.227. The molecule has 0 saturated carbocycles. The molecule has 0 radical (unpaired) electrons. The van der Waals surface area contributed by atoms with Crippen LogP contribution < -0.4 is 0 Å². The van der Waals surface area contributed by atoms with Crippen LogP contribution in [0.15, 0.2) is 0 Å². The van der Waals surface area contributed by atoms with Crippen LogP contribution in [0.1, 0.15) is 85.0 Å². The number of rotatable bonds is 11. The SMILES string of the molecule is CCCCCCCCCCCC(=O)C1C(=O)OC(C)(C)OC1=O. The highest BCUT2D eigenvalue weighted by atomic mass is 16.7. The Morgan fingerprint density at radius 2 is 1.30 bits per heavy atom. The molecular formula is C18H30O5. The number of carbonyl (C=O) groups is 3. The van der Waals surface area contributed by atoms with Crippen molar-refractivity contribution in [3.63, 3.8) is 0 Å². The van der Waals surface area contributed by atoms with Crippen molar-refractivity contribution in [2.75, 3.05) is 0 Å². The van der Waals surface area contributed by atoms with E-state index in [1.165, 1.54) is 52.4 Å². The maximum absolute atomic E-state index is 12.0. The van der Waals surface area contributed by atoms with Gasteiger partial charge in [-0.15, -0.1) is 0 Å². The highest BCUT2D eigenvalue weighted by molar-refractivity contribution is 6.15. The molecular weight excluding hydrogens is 296 g/mol. The van der Waals surface area contributed by atoms with Gasteiger partial charge in [-0.1, -0.05) is 58.3 Å². The van der Waals surface area contributed by atoms with Crippen LogP contribution in [-0.4, -0.2) is 23.5 Å². The third-order valence-corrected chi connectivity index (χ3v) is 4.01. The van der Waals surface area contributed by atoms with Gasteiger partial charge in [0, 0.05) is 20.3 Å². The molecule has 1 rings (SSSR count). The maximum atomic E-state index is 12.0. The van der Waals surface area contributed by atoms with E-state index in [9.17, 15) is 14.4 Å². The molecule has 0 aromatic heterocycles. The number of carbonyl (C=O) groups excluding carboxylic acids is 3. The summed E-state index contributed by atoms with van der Waals surface area (Å²) in [7, 11) is 0. The Bertz CT molecular complexity index is 394. The number of unbranched alkanes of at least 4 members (excludes halogenated alkanes) is 8. The fourth-order valence-electron chi connectivity index (χ4n) is 2.74. The average molecular weight is 326 g/mol. The number of ketones is 1. The number of esters is 2. The average Bonchev–Trinajstić information content (AvgIpc) is 2.43. The van der Waals surface area contributed by atoms with Gasteiger partial charge in [-0.2, -0.15) is 0 Å². The number of ether oxygens (including phenoxy) is 2. The van der Waals surface area contributed by atoms with Crippen molar-refractivity contribution in [1.82, 2.24) is 0 Å². The van der Waals surface area contributed by atoms with Crippen molar-refractivity contribution in [3.8, 4) is 0 Å². The number of hydrogen-bond donors (Lipinski definition) is 0. The molecule has 5 nitrogen and oxygen atoms in total. The first-order valence-corrected chi connectivity index (χ1v) is 8.86. The van der Waals surface area contributed by atoms with E-state index in [2.05, 4.69) is 6.92 Å². The second-order valence-electron chi connectivity index (χ2n) is 6.72. The highest BCUT2D eigenvalue weighted by Crippen LogP contribution is 2.25. The van der Waals surface area contributed by atoms with Crippen LogP contribution in [0, 0.1) is 5.92 Å². The van der Waals surface area contributed by atoms with Crippen LogP contribution in [0.5, 0.6) is 0 Å². The molecule has 1 aliphatic heterocycles. The standard InChI is InChI=1S/C18H30O5/c1-4-5-6-7-8-9-10-11-12-13-14(19)15-16(20)22-18(2,3)23-17(15)21/h15H,4-13H2,1-3H3. The smallest absolute Gasteiger partial charge is 0.331 e. The summed E-state index contributed by atoms with van der Waals surface area (Å²) < 4.78 is 9.93. The van der Waals surface area contributed by atoms with Crippen LogP contribution in [0.2, 0.25) is 0 Å². The van der Waals surface area contributed by atoms with E-state index in [0.717, 1.165) is 12.8 Å². The van der Waals surface area contributed by atoms with Gasteiger partial charge in [-0.05, 0) is 6.42 Å². The van der Waals surface area contributed by atoms with E-state index < -0.39 is 29.4 Å². The Morgan fingerprint density at radius 1 is 0.870 bits per heavy atom. The predicted molar refractivity (Wildman–Crippen MR) is 86.6 cm³/mol. The first-order chi connectivity index (χ1) is 10.9. The van der Waals surface area contributed by atoms with Crippen molar-refractivity contribution in [2.24, 2.45) is 5.92 Å². The van der Waals surface area contributed by atoms with Gasteiger partial charge in [0.05, 0.1) is 0 Å². The maximum Gasteiger partial charge on any atom is 0.331 e. The molecule has 23 heavy (non-hydrogen) atoms. The third-order valence-electron chi connectivity index (χ3n) is 4.01. The lowest BCUT2D eigenvalue weighted by molar-refractivity contribution is -0.238. The number of Topliss-reactive ketones (excluding diaryl/α,β-unsaturated/α-hetero) is 1. The molecule has 0 aromatic carbocycles. The van der Waals surface area contributed by atoms with Crippen molar-refractivity contribution in [1.29, 1.82) is 0 Å². The van der Waals surface area contributed by atoms with Crippen LogP contribution in [-0.2, 0) is 23.9 Å². The molecule has 5 heteroatoms. The summed E-state index contributed by atoms with van der Waals surface area (Å²) in [6, 6.07) is 0. The largest absolute Gasteiger partial charge is 0.422 e. The van der Waals surface area contributed by atoms with Crippen molar-refractivity contribution in [2.45, 2.75) is 90.8 Å². The number of cyclic esters (lactones) is 2. The third kappa shape index (κ3) is 7.14. The molecule has 0 aliphatic carbocycles. The zero-order valence-corrected chi connectivity index (χ0v) is 14.7. The second kappa shape index (κ2) is 9.68. The first-order valence-electron chi connectivity index (χ1n) is 8.86. The summed E-state index contributed by atoms with van der Waals surface area (Å²) in [5.74, 6) is -4.63. The molecule has 0 atom stereocenters. The lowest BCUT2D eigenvalue weighted by Gasteiger charge is -2.32. The van der Waals surface area contributed by atoms with Gasteiger partial charge in [0.25, 0.3) is 5.79 Å². The molecule has 1 heterocycles. The molecule has 1 aliphatic rings. The van der Waals surface area contributed by atoms with Crippen molar-refractivity contribution >= 4 is 17.7 Å². The molecule has 0 N–H and O–H groups in total. The second-order valence-corrected chi connectivity index (χ2v) is 6.72. The van der Waals surface area contributed by atoms with E-state index in [0.29, 0.717) is 6.42 Å². The summed E-state index contributed by atoms with van der Waals surface area (Å²) in [5, 5.41) is 0. The molecule has 1 saturated heterocycles. The molecule has 1 fully saturated rings. The lowest BCUT2D eigenvalue weighted by Crippen LogP contribution is -2.49. The van der Waals surface area contributed by atoms with E-state index in [4.69, 9.17) is 9.47 Å². The molecule has 0 unspecified atom stereocenters. The molecule has 0 spiro atoms. The minimum Gasteiger partial charge on any atom is -0.422 e. The zero-order chi connectivity index (χ0) is 17.3. The molecule has 132 valence electrons. The Labute approximate surface area is 139 Å². The Kier molecular flexibility index (Phi) is 8.28. The predicted octanol–water partition coefficient (Wildman–Crippen LogP) is 3.93. The van der Waals surface area contributed by atoms with Crippen LogP contribution >= 0.6 is 0 Å².